The number of carbonyl (C=O) groups is 1. The maximum Gasteiger partial charge on any atom is 0.416 e. The first kappa shape index (κ1) is 16.1. The molecule has 0 aromatic heterocycles. The van der Waals surface area contributed by atoms with Gasteiger partial charge in [0, 0.05) is 18.5 Å². The highest BCUT2D eigenvalue weighted by molar-refractivity contribution is 6.26. The van der Waals surface area contributed by atoms with Crippen molar-refractivity contribution in [1.29, 1.82) is 0 Å². The normalized spacial score (nSPS) is 14.6. The lowest BCUT2D eigenvalue weighted by molar-refractivity contribution is -0.137. The van der Waals surface area contributed by atoms with Gasteiger partial charge in [-0.1, -0.05) is 31.2 Å². The van der Waals surface area contributed by atoms with Gasteiger partial charge in [0.25, 0.3) is 0 Å². The Hall–Kier alpha value is -1.91. The van der Waals surface area contributed by atoms with Crippen LogP contribution in [-0.2, 0) is 11.0 Å². The van der Waals surface area contributed by atoms with Gasteiger partial charge in [-0.05, 0) is 18.6 Å². The summed E-state index contributed by atoms with van der Waals surface area (Å²) in [6, 6.07) is 5.13. The van der Waals surface area contributed by atoms with Crippen LogP contribution in [0.3, 0.4) is 0 Å². The van der Waals surface area contributed by atoms with Crippen LogP contribution in [0.25, 0.3) is 0 Å². The van der Waals surface area contributed by atoms with Crippen LogP contribution in [0, 0.1) is 0 Å². The molecule has 0 N–H and O–H groups in total. The molecule has 0 fully saturated rings. The van der Waals surface area contributed by atoms with Crippen molar-refractivity contribution < 1.29 is 18.0 Å². The molecular formula is C15H16F3NO. The summed E-state index contributed by atoms with van der Waals surface area (Å²) in [6.45, 7) is 4.85. The highest BCUT2D eigenvalue weighted by Gasteiger charge is 2.30. The lowest BCUT2D eigenvalue weighted by Crippen LogP contribution is -2.06. The van der Waals surface area contributed by atoms with Crippen LogP contribution in [0.1, 0.15) is 37.8 Å². The number of ketones is 1. The van der Waals surface area contributed by atoms with Crippen molar-refractivity contribution in [3.63, 3.8) is 0 Å². The van der Waals surface area contributed by atoms with Crippen molar-refractivity contribution in [3.8, 4) is 0 Å². The minimum Gasteiger partial charge on any atom is -0.293 e. The molecule has 0 aliphatic carbocycles. The van der Waals surface area contributed by atoms with Crippen molar-refractivity contribution in [3.05, 3.63) is 47.2 Å². The SMILES string of the molecule is C/C=C(\N=CC(C)=O)C(C)c1cccc(C(F)(F)F)c1. The fraction of sp³-hybridized carbons (Fsp3) is 0.333. The van der Waals surface area contributed by atoms with E-state index in [1.165, 1.54) is 19.2 Å². The second kappa shape index (κ2) is 6.50. The van der Waals surface area contributed by atoms with Crippen LogP contribution in [0.5, 0.6) is 0 Å². The Balaban J connectivity index is 3.08. The van der Waals surface area contributed by atoms with Crippen LogP contribution in [0.2, 0.25) is 0 Å². The highest BCUT2D eigenvalue weighted by atomic mass is 19.4. The van der Waals surface area contributed by atoms with Gasteiger partial charge in [0.1, 0.15) is 0 Å². The summed E-state index contributed by atoms with van der Waals surface area (Å²) >= 11 is 0. The maximum atomic E-state index is 12.7. The molecule has 1 atom stereocenters. The maximum absolute atomic E-state index is 12.7. The number of allylic oxidation sites excluding steroid dienone is 2. The van der Waals surface area contributed by atoms with Crippen molar-refractivity contribution in [2.75, 3.05) is 0 Å². The third kappa shape index (κ3) is 4.33. The summed E-state index contributed by atoms with van der Waals surface area (Å²) in [7, 11) is 0. The fourth-order valence-electron chi connectivity index (χ4n) is 1.76. The Kier molecular flexibility index (Phi) is 5.25. The van der Waals surface area contributed by atoms with Crippen LogP contribution in [0.4, 0.5) is 13.2 Å². The number of rotatable bonds is 4. The fourth-order valence-corrected chi connectivity index (χ4v) is 1.76. The van der Waals surface area contributed by atoms with Gasteiger partial charge in [-0.3, -0.25) is 9.79 Å². The molecule has 0 saturated carbocycles. The molecule has 1 aromatic rings. The molecule has 0 spiro atoms. The summed E-state index contributed by atoms with van der Waals surface area (Å²) in [6.07, 6.45) is -1.52. The highest BCUT2D eigenvalue weighted by Crippen LogP contribution is 2.32. The van der Waals surface area contributed by atoms with E-state index >= 15 is 0 Å². The minimum absolute atomic E-state index is 0.208. The monoisotopic (exact) mass is 283 g/mol. The molecule has 1 rings (SSSR count). The Morgan fingerprint density at radius 3 is 2.50 bits per heavy atom. The third-order valence-corrected chi connectivity index (χ3v) is 2.85. The summed E-state index contributed by atoms with van der Waals surface area (Å²) in [5.74, 6) is -0.529. The molecule has 0 heterocycles. The zero-order chi connectivity index (χ0) is 15.3. The van der Waals surface area contributed by atoms with Gasteiger partial charge in [-0.15, -0.1) is 0 Å². The van der Waals surface area contributed by atoms with E-state index in [0.29, 0.717) is 11.3 Å². The zero-order valence-corrected chi connectivity index (χ0v) is 11.5. The summed E-state index contributed by atoms with van der Waals surface area (Å²) in [4.78, 5) is 14.9. The molecule has 1 aromatic carbocycles. The first-order valence-corrected chi connectivity index (χ1v) is 6.13. The molecule has 108 valence electrons. The zero-order valence-electron chi connectivity index (χ0n) is 11.5. The van der Waals surface area contributed by atoms with Crippen molar-refractivity contribution in [2.24, 2.45) is 4.99 Å². The molecule has 0 aliphatic heterocycles. The van der Waals surface area contributed by atoms with Gasteiger partial charge in [-0.25, -0.2) is 0 Å². The average Bonchev–Trinajstić information content (AvgIpc) is 2.38. The third-order valence-electron chi connectivity index (χ3n) is 2.85. The van der Waals surface area contributed by atoms with Crippen molar-refractivity contribution >= 4 is 12.0 Å². The van der Waals surface area contributed by atoms with Gasteiger partial charge in [0.15, 0.2) is 5.78 Å². The number of alkyl halides is 3. The van der Waals surface area contributed by atoms with Gasteiger partial charge in [-0.2, -0.15) is 13.2 Å². The van der Waals surface area contributed by atoms with E-state index in [1.807, 2.05) is 0 Å². The molecule has 0 radical (unpaired) electrons. The first-order valence-electron chi connectivity index (χ1n) is 6.13. The summed E-state index contributed by atoms with van der Waals surface area (Å²) in [5, 5.41) is 0. The number of nitrogens with zero attached hydrogens (tertiary/aromatic N) is 1. The van der Waals surface area contributed by atoms with Crippen LogP contribution in [0.15, 0.2) is 41.0 Å². The number of hydrogen-bond acceptors (Lipinski definition) is 2. The summed E-state index contributed by atoms with van der Waals surface area (Å²) < 4.78 is 38.0. The molecule has 0 saturated heterocycles. The Morgan fingerprint density at radius 2 is 2.00 bits per heavy atom. The van der Waals surface area contributed by atoms with E-state index in [9.17, 15) is 18.0 Å². The van der Waals surface area contributed by atoms with Gasteiger partial charge >= 0.3 is 6.18 Å². The lowest BCUT2D eigenvalue weighted by atomic mass is 9.96. The van der Waals surface area contributed by atoms with Crippen LogP contribution >= 0.6 is 0 Å². The number of carbonyl (C=O) groups excluding carboxylic acids is 1. The molecule has 5 heteroatoms. The first-order chi connectivity index (χ1) is 9.25. The average molecular weight is 283 g/mol. The van der Waals surface area contributed by atoms with E-state index in [2.05, 4.69) is 4.99 Å². The largest absolute Gasteiger partial charge is 0.416 e. The molecular weight excluding hydrogens is 267 g/mol. The van der Waals surface area contributed by atoms with E-state index < -0.39 is 11.7 Å². The second-order valence-corrected chi connectivity index (χ2v) is 4.43. The van der Waals surface area contributed by atoms with E-state index in [4.69, 9.17) is 0 Å². The molecule has 0 bridgehead atoms. The Labute approximate surface area is 116 Å². The van der Waals surface area contributed by atoms with Gasteiger partial charge in [0.2, 0.25) is 0 Å². The van der Waals surface area contributed by atoms with Crippen molar-refractivity contribution in [1.82, 2.24) is 0 Å². The quantitative estimate of drug-likeness (QED) is 0.754. The standard InChI is InChI=1S/C15H16F3NO/c1-4-14(19-9-10(2)20)11(3)12-6-5-7-13(8-12)15(16,17)18/h4-9,11H,1-3H3/b14-4-,19-9?. The Bertz CT molecular complexity index is 544. The summed E-state index contributed by atoms with van der Waals surface area (Å²) in [5.41, 5.74) is 0.376. The number of hydrogen-bond donors (Lipinski definition) is 0. The van der Waals surface area contributed by atoms with Gasteiger partial charge < -0.3 is 0 Å². The molecule has 1 unspecified atom stereocenters. The lowest BCUT2D eigenvalue weighted by Gasteiger charge is -2.15. The predicted molar refractivity (Wildman–Crippen MR) is 72.8 cm³/mol. The second-order valence-electron chi connectivity index (χ2n) is 4.43. The molecule has 20 heavy (non-hydrogen) atoms. The predicted octanol–water partition coefficient (Wildman–Crippen LogP) is 4.37. The smallest absolute Gasteiger partial charge is 0.293 e. The van der Waals surface area contributed by atoms with E-state index in [0.717, 1.165) is 12.1 Å². The topological polar surface area (TPSA) is 29.4 Å². The molecule has 0 aliphatic rings. The van der Waals surface area contributed by atoms with Crippen LogP contribution < -0.4 is 0 Å². The van der Waals surface area contributed by atoms with E-state index in [-0.39, 0.29) is 11.7 Å². The number of aliphatic imine (C=N–C) groups is 1. The number of halogens is 3. The molecule has 0 amide bonds. The van der Waals surface area contributed by atoms with Gasteiger partial charge in [0.05, 0.1) is 11.8 Å². The Morgan fingerprint density at radius 1 is 1.35 bits per heavy atom. The van der Waals surface area contributed by atoms with Crippen molar-refractivity contribution in [2.45, 2.75) is 32.9 Å². The molecule has 2 nitrogen and oxygen atoms in total. The number of Topliss-reactive ketones (excluding diaryl/α,β-unsaturated/α-hetero) is 1. The van der Waals surface area contributed by atoms with E-state index in [1.54, 1.807) is 26.0 Å². The number of benzene rings is 1. The van der Waals surface area contributed by atoms with Crippen LogP contribution in [-0.4, -0.2) is 12.0 Å². The minimum atomic E-state index is -4.37.